The summed E-state index contributed by atoms with van der Waals surface area (Å²) in [5, 5.41) is 4.19. The van der Waals surface area contributed by atoms with Crippen LogP contribution >= 0.6 is 11.3 Å². The van der Waals surface area contributed by atoms with E-state index in [1.54, 1.807) is 14.1 Å². The number of carbonyl (C=O) groups excluding carboxylic acids is 1. The highest BCUT2D eigenvalue weighted by Crippen LogP contribution is 2.44. The van der Waals surface area contributed by atoms with E-state index in [0.29, 0.717) is 22.4 Å². The first-order chi connectivity index (χ1) is 9.27. The summed E-state index contributed by atoms with van der Waals surface area (Å²) in [7, 11) is 3.43. The summed E-state index contributed by atoms with van der Waals surface area (Å²) in [6, 6.07) is 0.296. The smallest absolute Gasteiger partial charge is 0.265 e. The molecule has 0 saturated heterocycles. The number of nitrogen functional groups attached to an aromatic ring is 1. The molecule has 1 aromatic heterocycles. The van der Waals surface area contributed by atoms with E-state index in [-0.39, 0.29) is 12.0 Å². The molecule has 1 amide bonds. The summed E-state index contributed by atoms with van der Waals surface area (Å²) >= 11 is 1.36. The molecule has 0 aromatic carbocycles. The third kappa shape index (κ3) is 3.79. The second-order valence-electron chi connectivity index (χ2n) is 5.32. The molecule has 1 aromatic rings. The van der Waals surface area contributed by atoms with E-state index in [0.717, 1.165) is 11.4 Å². The molecule has 0 aliphatic heterocycles. The normalized spacial score (nSPS) is 12.3. The van der Waals surface area contributed by atoms with Crippen LogP contribution in [0.2, 0.25) is 0 Å². The lowest BCUT2D eigenvalue weighted by molar-refractivity contribution is 0.0833. The number of hydrogen-bond acceptors (Lipinski definition) is 5. The molecule has 1 unspecified atom stereocenters. The summed E-state index contributed by atoms with van der Waals surface area (Å²) in [6.45, 7) is 8.07. The van der Waals surface area contributed by atoms with Crippen molar-refractivity contribution in [3.63, 3.8) is 0 Å². The molecule has 0 aliphatic rings. The number of nitrogens with zero attached hydrogens (tertiary/aromatic N) is 1. The molecule has 0 fully saturated rings. The molecular weight excluding hydrogens is 274 g/mol. The van der Waals surface area contributed by atoms with E-state index in [4.69, 9.17) is 10.5 Å². The fourth-order valence-electron chi connectivity index (χ4n) is 1.56. The van der Waals surface area contributed by atoms with Crippen molar-refractivity contribution in [1.29, 1.82) is 0 Å². The zero-order valence-electron chi connectivity index (χ0n) is 13.1. The van der Waals surface area contributed by atoms with Crippen LogP contribution in [0.1, 0.15) is 43.8 Å². The Labute approximate surface area is 125 Å². The first-order valence-corrected chi connectivity index (χ1v) is 7.66. The maximum Gasteiger partial charge on any atom is 0.265 e. The highest BCUT2D eigenvalue weighted by atomic mass is 32.1. The van der Waals surface area contributed by atoms with E-state index in [1.807, 2.05) is 13.8 Å². The first kappa shape index (κ1) is 16.6. The predicted molar refractivity (Wildman–Crippen MR) is 85.9 cm³/mol. The molecule has 114 valence electrons. The standard InChI is InChI=1S/C14H25N3O2S/c1-7-9(4)16-13-11(19-8(2)3)10(15)12(20-13)14(18)17(5)6/h8-9,16H,7,15H2,1-6H3. The number of hydrogen-bond donors (Lipinski definition) is 2. The van der Waals surface area contributed by atoms with Gasteiger partial charge in [-0.05, 0) is 27.2 Å². The van der Waals surface area contributed by atoms with E-state index >= 15 is 0 Å². The van der Waals surface area contributed by atoms with Crippen molar-refractivity contribution < 1.29 is 9.53 Å². The summed E-state index contributed by atoms with van der Waals surface area (Å²) in [6.07, 6.45) is 0.988. The molecule has 20 heavy (non-hydrogen) atoms. The Morgan fingerprint density at radius 3 is 2.45 bits per heavy atom. The number of ether oxygens (including phenoxy) is 1. The first-order valence-electron chi connectivity index (χ1n) is 6.84. The molecule has 0 spiro atoms. The number of anilines is 2. The van der Waals surface area contributed by atoms with Crippen molar-refractivity contribution >= 4 is 27.9 Å². The van der Waals surface area contributed by atoms with Gasteiger partial charge in [0.2, 0.25) is 0 Å². The average molecular weight is 299 g/mol. The van der Waals surface area contributed by atoms with Gasteiger partial charge in [-0.15, -0.1) is 11.3 Å². The third-order valence-corrected chi connectivity index (χ3v) is 3.95. The Hall–Kier alpha value is -1.43. The van der Waals surface area contributed by atoms with Gasteiger partial charge in [0.25, 0.3) is 5.91 Å². The van der Waals surface area contributed by atoms with Crippen molar-refractivity contribution in [3.8, 4) is 5.75 Å². The molecule has 3 N–H and O–H groups in total. The highest BCUT2D eigenvalue weighted by Gasteiger charge is 2.24. The average Bonchev–Trinajstić information content (AvgIpc) is 2.65. The number of carbonyl (C=O) groups is 1. The van der Waals surface area contributed by atoms with Crippen molar-refractivity contribution in [2.75, 3.05) is 25.1 Å². The second-order valence-corrected chi connectivity index (χ2v) is 6.34. The van der Waals surface area contributed by atoms with Crippen LogP contribution in [0.4, 0.5) is 10.7 Å². The Bertz CT molecular complexity index is 469. The maximum atomic E-state index is 12.1. The molecule has 6 heteroatoms. The van der Waals surface area contributed by atoms with E-state index in [2.05, 4.69) is 19.2 Å². The molecular formula is C14H25N3O2S. The number of amides is 1. The van der Waals surface area contributed by atoms with Crippen LogP contribution in [0.25, 0.3) is 0 Å². The van der Waals surface area contributed by atoms with Crippen LogP contribution in [0.15, 0.2) is 0 Å². The van der Waals surface area contributed by atoms with Gasteiger partial charge in [-0.2, -0.15) is 0 Å². The topological polar surface area (TPSA) is 67.6 Å². The van der Waals surface area contributed by atoms with Gasteiger partial charge in [-0.1, -0.05) is 6.92 Å². The Morgan fingerprint density at radius 1 is 1.40 bits per heavy atom. The molecule has 1 atom stereocenters. The van der Waals surface area contributed by atoms with Crippen LogP contribution in [0.5, 0.6) is 5.75 Å². The van der Waals surface area contributed by atoms with Crippen molar-refractivity contribution in [2.24, 2.45) is 0 Å². The van der Waals surface area contributed by atoms with E-state index in [9.17, 15) is 4.79 Å². The van der Waals surface area contributed by atoms with Crippen LogP contribution in [-0.2, 0) is 0 Å². The Kier molecular flexibility index (Phi) is 5.68. The van der Waals surface area contributed by atoms with Gasteiger partial charge < -0.3 is 20.7 Å². The molecule has 0 aliphatic carbocycles. The SMILES string of the molecule is CCC(C)Nc1sc(C(=O)N(C)C)c(N)c1OC(C)C. The lowest BCUT2D eigenvalue weighted by atomic mass is 10.2. The van der Waals surface area contributed by atoms with E-state index < -0.39 is 0 Å². The fourth-order valence-corrected chi connectivity index (χ4v) is 2.75. The quantitative estimate of drug-likeness (QED) is 0.847. The minimum absolute atomic E-state index is 0.00620. The monoisotopic (exact) mass is 299 g/mol. The largest absolute Gasteiger partial charge is 0.486 e. The van der Waals surface area contributed by atoms with Crippen molar-refractivity contribution in [2.45, 2.75) is 46.3 Å². The highest BCUT2D eigenvalue weighted by molar-refractivity contribution is 7.19. The number of nitrogens with two attached hydrogens (primary N) is 1. The Balaban J connectivity index is 3.19. The maximum absolute atomic E-state index is 12.1. The van der Waals surface area contributed by atoms with Crippen molar-refractivity contribution in [1.82, 2.24) is 4.90 Å². The minimum Gasteiger partial charge on any atom is -0.486 e. The van der Waals surface area contributed by atoms with Gasteiger partial charge in [0, 0.05) is 20.1 Å². The zero-order valence-corrected chi connectivity index (χ0v) is 13.9. The molecule has 0 radical (unpaired) electrons. The second kappa shape index (κ2) is 6.83. The molecule has 0 bridgehead atoms. The summed E-state index contributed by atoms with van der Waals surface area (Å²) in [4.78, 5) is 14.2. The van der Waals surface area contributed by atoms with Crippen molar-refractivity contribution in [3.05, 3.63) is 4.88 Å². The number of rotatable bonds is 6. The Morgan fingerprint density at radius 2 is 2.00 bits per heavy atom. The van der Waals surface area contributed by atoms with Gasteiger partial charge >= 0.3 is 0 Å². The summed E-state index contributed by atoms with van der Waals surface area (Å²) in [5.41, 5.74) is 6.53. The van der Waals surface area contributed by atoms with Crippen LogP contribution in [0.3, 0.4) is 0 Å². The van der Waals surface area contributed by atoms with Crippen LogP contribution in [-0.4, -0.2) is 37.0 Å². The van der Waals surface area contributed by atoms with Gasteiger partial charge in [0.15, 0.2) is 5.75 Å². The third-order valence-electron chi connectivity index (χ3n) is 2.84. The predicted octanol–water partition coefficient (Wildman–Crippen LogP) is 3.03. The molecule has 1 heterocycles. The van der Waals surface area contributed by atoms with E-state index in [1.165, 1.54) is 16.2 Å². The molecule has 1 rings (SSSR count). The van der Waals surface area contributed by atoms with Gasteiger partial charge in [0.05, 0.1) is 6.10 Å². The van der Waals surface area contributed by atoms with Gasteiger partial charge in [-0.25, -0.2) is 0 Å². The number of nitrogens with one attached hydrogen (secondary N) is 1. The van der Waals surface area contributed by atoms with Crippen LogP contribution < -0.4 is 15.8 Å². The molecule has 0 saturated carbocycles. The van der Waals surface area contributed by atoms with Gasteiger partial charge in [0.1, 0.15) is 15.6 Å². The summed E-state index contributed by atoms with van der Waals surface area (Å²) in [5.74, 6) is 0.494. The zero-order chi connectivity index (χ0) is 15.4. The van der Waals surface area contributed by atoms with Gasteiger partial charge in [-0.3, -0.25) is 4.79 Å². The molecule has 5 nitrogen and oxygen atoms in total. The summed E-state index contributed by atoms with van der Waals surface area (Å²) < 4.78 is 5.78. The lowest BCUT2D eigenvalue weighted by Gasteiger charge is -2.15. The lowest BCUT2D eigenvalue weighted by Crippen LogP contribution is -2.21. The minimum atomic E-state index is -0.0988. The number of thiophene rings is 1. The van der Waals surface area contributed by atoms with Crippen LogP contribution in [0, 0.1) is 0 Å². The fraction of sp³-hybridized carbons (Fsp3) is 0.643.